The number of nitrogens with one attached hydrogen (secondary N) is 1. The van der Waals surface area contributed by atoms with Crippen LogP contribution in [0.2, 0.25) is 0 Å². The molecule has 1 N–H and O–H groups in total. The van der Waals surface area contributed by atoms with Gasteiger partial charge in [0, 0.05) is 31.6 Å². The van der Waals surface area contributed by atoms with E-state index in [1.165, 1.54) is 4.90 Å². The number of rotatable bonds is 5. The molecule has 4 aliphatic heterocycles. The smallest absolute Gasteiger partial charge is 0.332 e. The molecule has 0 aromatic heterocycles. The Labute approximate surface area is 204 Å². The minimum atomic E-state index is -0.474. The van der Waals surface area contributed by atoms with Gasteiger partial charge >= 0.3 is 6.03 Å². The number of carbonyl (C=O) groups excluding carboxylic acids is 2. The van der Waals surface area contributed by atoms with Crippen LogP contribution in [0.1, 0.15) is 12.8 Å². The summed E-state index contributed by atoms with van der Waals surface area (Å²) in [5, 5.41) is 6.01. The molecule has 34 heavy (non-hydrogen) atoms. The lowest BCUT2D eigenvalue weighted by atomic mass is 10.1. The summed E-state index contributed by atoms with van der Waals surface area (Å²) in [5.41, 5.74) is 0.664. The standard InChI is InChI=1S/C25H29N5O3S/c31-23-22-21-15-18(16-28(21)24(34)26-9-4-10-27-11-13-33-14-12-27)29(22)25(32)30(23)20-8-3-6-17-5-1-2-7-19(17)20/h1-3,5-8,18,21-22H,4,9-16H2,(H,26,34)/t18-,21-,22-/m0/s1. The molecule has 2 bridgehead atoms. The number of urea groups is 1. The number of carbonyl (C=O) groups is 2. The number of amides is 3. The first-order valence-electron chi connectivity index (χ1n) is 12.1. The number of hydrogen-bond donors (Lipinski definition) is 1. The summed E-state index contributed by atoms with van der Waals surface area (Å²) in [6.45, 7) is 6.09. The normalized spacial score (nSPS) is 26.6. The number of nitrogens with zero attached hydrogens (tertiary/aromatic N) is 4. The van der Waals surface area contributed by atoms with Crippen LogP contribution in [0.3, 0.4) is 0 Å². The largest absolute Gasteiger partial charge is 0.379 e. The Morgan fingerprint density at radius 3 is 2.74 bits per heavy atom. The van der Waals surface area contributed by atoms with Crippen LogP contribution >= 0.6 is 12.2 Å². The zero-order valence-corrected chi connectivity index (χ0v) is 19.9. The fourth-order valence-corrected chi connectivity index (χ4v) is 6.25. The molecule has 3 atom stereocenters. The van der Waals surface area contributed by atoms with E-state index in [1.807, 2.05) is 42.5 Å². The Hall–Kier alpha value is -2.75. The number of fused-ring (bicyclic) bond motifs is 6. The van der Waals surface area contributed by atoms with Gasteiger partial charge in [0.25, 0.3) is 5.91 Å². The van der Waals surface area contributed by atoms with E-state index >= 15 is 0 Å². The lowest BCUT2D eigenvalue weighted by molar-refractivity contribution is -0.120. The first kappa shape index (κ1) is 21.8. The summed E-state index contributed by atoms with van der Waals surface area (Å²) >= 11 is 5.71. The summed E-state index contributed by atoms with van der Waals surface area (Å²) in [7, 11) is 0. The lowest BCUT2D eigenvalue weighted by Crippen LogP contribution is -2.57. The van der Waals surface area contributed by atoms with Crippen LogP contribution in [0, 0.1) is 0 Å². The number of likely N-dealkylation sites (tertiary alicyclic amines) is 1. The zero-order chi connectivity index (χ0) is 23.2. The Morgan fingerprint density at radius 1 is 1.09 bits per heavy atom. The van der Waals surface area contributed by atoms with Gasteiger partial charge < -0.3 is 19.9 Å². The van der Waals surface area contributed by atoms with Crippen molar-refractivity contribution in [2.24, 2.45) is 0 Å². The predicted octanol–water partition coefficient (Wildman–Crippen LogP) is 2.03. The van der Waals surface area contributed by atoms with E-state index in [1.54, 1.807) is 4.90 Å². The molecule has 4 heterocycles. The lowest BCUT2D eigenvalue weighted by Gasteiger charge is -2.36. The van der Waals surface area contributed by atoms with Gasteiger partial charge in [-0.05, 0) is 43.1 Å². The predicted molar refractivity (Wildman–Crippen MR) is 134 cm³/mol. The number of ether oxygens (including phenoxy) is 1. The average molecular weight is 480 g/mol. The van der Waals surface area contributed by atoms with Crippen LogP contribution < -0.4 is 10.2 Å². The van der Waals surface area contributed by atoms with Crippen molar-refractivity contribution in [3.05, 3.63) is 42.5 Å². The van der Waals surface area contributed by atoms with Crippen molar-refractivity contribution in [1.82, 2.24) is 20.0 Å². The van der Waals surface area contributed by atoms with Crippen LogP contribution in [0.25, 0.3) is 10.8 Å². The Balaban J connectivity index is 1.13. The summed E-state index contributed by atoms with van der Waals surface area (Å²) < 4.78 is 5.40. The van der Waals surface area contributed by atoms with Gasteiger partial charge in [0.05, 0.1) is 31.0 Å². The number of anilines is 1. The molecule has 2 aromatic rings. The highest BCUT2D eigenvalue weighted by atomic mass is 32.1. The maximum absolute atomic E-state index is 13.6. The third-order valence-electron chi connectivity index (χ3n) is 7.56. The second kappa shape index (κ2) is 8.79. The minimum Gasteiger partial charge on any atom is -0.379 e. The molecule has 0 radical (unpaired) electrons. The number of hydrogen-bond acceptors (Lipinski definition) is 5. The molecule has 2 aromatic carbocycles. The zero-order valence-electron chi connectivity index (χ0n) is 19.1. The van der Waals surface area contributed by atoms with Gasteiger partial charge in [-0.2, -0.15) is 0 Å². The molecule has 6 rings (SSSR count). The fraction of sp³-hybridized carbons (Fsp3) is 0.480. The highest BCUT2D eigenvalue weighted by molar-refractivity contribution is 7.80. The molecule has 3 amide bonds. The summed E-state index contributed by atoms with van der Waals surface area (Å²) in [5.74, 6) is -0.145. The maximum atomic E-state index is 13.6. The average Bonchev–Trinajstić information content (AvgIpc) is 3.53. The van der Waals surface area contributed by atoms with Gasteiger partial charge in [0.15, 0.2) is 5.11 Å². The van der Waals surface area contributed by atoms with Crippen LogP contribution in [-0.4, -0.2) is 95.8 Å². The van der Waals surface area contributed by atoms with Crippen molar-refractivity contribution in [2.45, 2.75) is 31.0 Å². The van der Waals surface area contributed by atoms with Gasteiger partial charge in [-0.3, -0.25) is 9.69 Å². The molecule has 178 valence electrons. The van der Waals surface area contributed by atoms with Gasteiger partial charge in [-0.25, -0.2) is 9.69 Å². The molecule has 4 fully saturated rings. The summed E-state index contributed by atoms with van der Waals surface area (Å²) in [6.07, 6.45) is 1.80. The van der Waals surface area contributed by atoms with E-state index in [9.17, 15) is 9.59 Å². The van der Waals surface area contributed by atoms with Gasteiger partial charge in [0.2, 0.25) is 0 Å². The molecule has 0 aliphatic carbocycles. The summed E-state index contributed by atoms with van der Waals surface area (Å²) in [4.78, 5) is 34.7. The Kier molecular flexibility index (Phi) is 5.63. The van der Waals surface area contributed by atoms with Crippen molar-refractivity contribution >= 4 is 45.7 Å². The number of piperazine rings is 1. The number of thiocarbonyl (C=S) groups is 1. The first-order chi connectivity index (χ1) is 16.6. The molecular formula is C25H29N5O3S. The van der Waals surface area contributed by atoms with Crippen molar-refractivity contribution in [3.63, 3.8) is 0 Å². The quantitative estimate of drug-likeness (QED) is 0.400. The van der Waals surface area contributed by atoms with Gasteiger partial charge in [0.1, 0.15) is 6.04 Å². The SMILES string of the molecule is O=C1[C@@H]2[C@@H]3C[C@@H](CN3C(=S)NCCCN3CCOCC3)N2C(=O)N1c1cccc2ccccc12. The van der Waals surface area contributed by atoms with Crippen molar-refractivity contribution < 1.29 is 14.3 Å². The molecule has 0 unspecified atom stereocenters. The monoisotopic (exact) mass is 479 g/mol. The number of imide groups is 1. The van der Waals surface area contributed by atoms with Crippen LogP contribution in [-0.2, 0) is 9.53 Å². The van der Waals surface area contributed by atoms with Crippen molar-refractivity contribution in [1.29, 1.82) is 0 Å². The molecule has 9 heteroatoms. The van der Waals surface area contributed by atoms with E-state index in [0.29, 0.717) is 17.3 Å². The van der Waals surface area contributed by atoms with Gasteiger partial charge in [-0.15, -0.1) is 0 Å². The highest BCUT2D eigenvalue weighted by Crippen LogP contribution is 2.43. The minimum absolute atomic E-state index is 0.0135. The number of morpholine rings is 1. The van der Waals surface area contributed by atoms with Crippen LogP contribution in [0.4, 0.5) is 10.5 Å². The fourth-order valence-electron chi connectivity index (χ4n) is 5.94. The molecule has 0 spiro atoms. The third-order valence-corrected chi connectivity index (χ3v) is 7.94. The van der Waals surface area contributed by atoms with E-state index in [2.05, 4.69) is 15.1 Å². The maximum Gasteiger partial charge on any atom is 0.332 e. The Bertz CT molecular complexity index is 1130. The van der Waals surface area contributed by atoms with E-state index in [4.69, 9.17) is 17.0 Å². The molecule has 8 nitrogen and oxygen atoms in total. The number of benzene rings is 2. The third kappa shape index (κ3) is 3.54. The van der Waals surface area contributed by atoms with Crippen molar-refractivity contribution in [2.75, 3.05) is 50.8 Å². The highest BCUT2D eigenvalue weighted by Gasteiger charge is 2.62. The van der Waals surface area contributed by atoms with E-state index in [-0.39, 0.29) is 24.0 Å². The summed E-state index contributed by atoms with van der Waals surface area (Å²) in [6, 6.07) is 12.9. The van der Waals surface area contributed by atoms with Crippen LogP contribution in [0.5, 0.6) is 0 Å². The topological polar surface area (TPSA) is 68.4 Å². The second-order valence-corrected chi connectivity index (χ2v) is 9.84. The molecule has 0 saturated carbocycles. The Morgan fingerprint density at radius 2 is 1.88 bits per heavy atom. The molecule has 4 aliphatic rings. The first-order valence-corrected chi connectivity index (χ1v) is 12.5. The molecule has 4 saturated heterocycles. The van der Waals surface area contributed by atoms with E-state index in [0.717, 1.165) is 63.0 Å². The van der Waals surface area contributed by atoms with E-state index < -0.39 is 6.04 Å². The van der Waals surface area contributed by atoms with Gasteiger partial charge in [-0.1, -0.05) is 36.4 Å². The van der Waals surface area contributed by atoms with Crippen LogP contribution in [0.15, 0.2) is 42.5 Å². The van der Waals surface area contributed by atoms with Crippen molar-refractivity contribution in [3.8, 4) is 0 Å². The second-order valence-electron chi connectivity index (χ2n) is 9.46. The molecular weight excluding hydrogens is 450 g/mol.